The summed E-state index contributed by atoms with van der Waals surface area (Å²) in [6.07, 6.45) is 2.64. The van der Waals surface area contributed by atoms with Gasteiger partial charge in [0, 0.05) is 48.3 Å². The lowest BCUT2D eigenvalue weighted by Crippen LogP contribution is -2.40. The van der Waals surface area contributed by atoms with Gasteiger partial charge in [0.2, 0.25) is 0 Å². The number of aromatic amines is 1. The summed E-state index contributed by atoms with van der Waals surface area (Å²) in [5, 5.41) is 10.4. The number of hydrogen-bond donors (Lipinski definition) is 4. The average molecular weight is 424 g/mol. The second-order valence-electron chi connectivity index (χ2n) is 8.51. The van der Waals surface area contributed by atoms with E-state index < -0.39 is 0 Å². The molecule has 164 valence electrons. The van der Waals surface area contributed by atoms with Crippen molar-refractivity contribution in [1.82, 2.24) is 20.9 Å². The number of hydrogen-bond acceptors (Lipinski definition) is 2. The van der Waals surface area contributed by atoms with E-state index in [0.29, 0.717) is 24.6 Å². The molecule has 2 aromatic carbocycles. The molecule has 0 atom stereocenters. The van der Waals surface area contributed by atoms with Crippen LogP contribution in [0.25, 0.3) is 10.9 Å². The Morgan fingerprint density at radius 3 is 2.68 bits per heavy atom. The number of aromatic nitrogens is 1. The van der Waals surface area contributed by atoms with Crippen molar-refractivity contribution in [2.45, 2.75) is 39.3 Å². The molecule has 0 aliphatic carbocycles. The third-order valence-electron chi connectivity index (χ3n) is 4.78. The number of nitrogens with zero attached hydrogens (tertiary/aromatic N) is 1. The lowest BCUT2D eigenvalue weighted by atomic mass is 10.1. The Balaban J connectivity index is 1.53. The lowest BCUT2D eigenvalue weighted by molar-refractivity contribution is 0.0919. The number of carbonyl (C=O) groups is 1. The summed E-state index contributed by atoms with van der Waals surface area (Å²) in [5.41, 5.74) is 3.30. The molecule has 6 nitrogen and oxygen atoms in total. The van der Waals surface area contributed by atoms with Gasteiger partial charge in [-0.25, -0.2) is 4.39 Å². The van der Waals surface area contributed by atoms with Gasteiger partial charge >= 0.3 is 0 Å². The molecular weight excluding hydrogens is 393 g/mol. The molecule has 31 heavy (non-hydrogen) atoms. The molecule has 1 aromatic heterocycles. The van der Waals surface area contributed by atoms with Gasteiger partial charge in [-0.3, -0.25) is 9.79 Å². The third kappa shape index (κ3) is 6.31. The summed E-state index contributed by atoms with van der Waals surface area (Å²) in [7, 11) is 1.71. The summed E-state index contributed by atoms with van der Waals surface area (Å²) in [6, 6.07) is 12.3. The molecule has 1 heterocycles. The second-order valence-corrected chi connectivity index (χ2v) is 8.51. The Hall–Kier alpha value is -3.35. The predicted molar refractivity (Wildman–Crippen MR) is 124 cm³/mol. The fourth-order valence-corrected chi connectivity index (χ4v) is 3.31. The smallest absolute Gasteiger partial charge is 0.251 e. The van der Waals surface area contributed by atoms with Crippen molar-refractivity contribution in [3.8, 4) is 0 Å². The first-order valence-corrected chi connectivity index (χ1v) is 10.4. The molecule has 0 aliphatic rings. The van der Waals surface area contributed by atoms with Gasteiger partial charge in [0.15, 0.2) is 5.96 Å². The Labute approximate surface area is 182 Å². The number of benzene rings is 2. The molecule has 0 saturated heterocycles. The van der Waals surface area contributed by atoms with Crippen LogP contribution in [0, 0.1) is 5.82 Å². The summed E-state index contributed by atoms with van der Waals surface area (Å²) in [5.74, 6) is 0.333. The molecular formula is C24H30FN5O. The van der Waals surface area contributed by atoms with Crippen LogP contribution in [0.2, 0.25) is 0 Å². The molecule has 1 amide bonds. The maximum absolute atomic E-state index is 13.5. The van der Waals surface area contributed by atoms with E-state index in [0.717, 1.165) is 28.5 Å². The van der Waals surface area contributed by atoms with Crippen LogP contribution in [-0.2, 0) is 13.0 Å². The number of H-pyrrole nitrogens is 1. The monoisotopic (exact) mass is 423 g/mol. The fraction of sp³-hybridized carbons (Fsp3) is 0.333. The van der Waals surface area contributed by atoms with Crippen LogP contribution >= 0.6 is 0 Å². The zero-order chi connectivity index (χ0) is 22.4. The number of aliphatic imine (C=N–C) groups is 1. The first kappa shape index (κ1) is 22.3. The minimum Gasteiger partial charge on any atom is -0.361 e. The normalized spacial score (nSPS) is 12.1. The standard InChI is InChI=1S/C24H30FN5O/c1-24(2,3)30-22(31)17-7-5-6-16(12-17)14-29-23(26-4)27-11-10-18-15-28-21-9-8-19(25)13-20(18)21/h5-9,12-13,15,28H,10-11,14H2,1-4H3,(H,30,31)(H2,26,27,29). The minimum atomic E-state index is -0.284. The first-order chi connectivity index (χ1) is 14.7. The van der Waals surface area contributed by atoms with Crippen molar-refractivity contribution in [3.05, 3.63) is 71.2 Å². The van der Waals surface area contributed by atoms with Gasteiger partial charge in [-0.15, -0.1) is 0 Å². The van der Waals surface area contributed by atoms with E-state index >= 15 is 0 Å². The average Bonchev–Trinajstić information content (AvgIpc) is 3.11. The van der Waals surface area contributed by atoms with Crippen LogP contribution in [0.5, 0.6) is 0 Å². The van der Waals surface area contributed by atoms with Gasteiger partial charge in [-0.1, -0.05) is 12.1 Å². The summed E-state index contributed by atoms with van der Waals surface area (Å²) < 4.78 is 13.5. The van der Waals surface area contributed by atoms with Gasteiger partial charge in [-0.05, 0) is 68.7 Å². The molecule has 4 N–H and O–H groups in total. The van der Waals surface area contributed by atoms with Gasteiger partial charge in [0.25, 0.3) is 5.91 Å². The minimum absolute atomic E-state index is 0.0907. The summed E-state index contributed by atoms with van der Waals surface area (Å²) >= 11 is 0. The Morgan fingerprint density at radius 2 is 1.94 bits per heavy atom. The van der Waals surface area contributed by atoms with Crippen LogP contribution < -0.4 is 16.0 Å². The Bertz CT molecular complexity index is 1080. The molecule has 0 radical (unpaired) electrons. The van der Waals surface area contributed by atoms with Crippen molar-refractivity contribution < 1.29 is 9.18 Å². The van der Waals surface area contributed by atoms with E-state index in [2.05, 4.69) is 25.9 Å². The molecule has 0 unspecified atom stereocenters. The molecule has 7 heteroatoms. The quantitative estimate of drug-likeness (QED) is 0.360. The molecule has 0 fully saturated rings. The van der Waals surface area contributed by atoms with Gasteiger partial charge in [-0.2, -0.15) is 0 Å². The van der Waals surface area contributed by atoms with Crippen LogP contribution in [0.15, 0.2) is 53.7 Å². The van der Waals surface area contributed by atoms with E-state index in [1.54, 1.807) is 19.2 Å². The SMILES string of the molecule is CN=C(NCCc1c[nH]c2ccc(F)cc12)NCc1cccc(C(=O)NC(C)(C)C)c1. The van der Waals surface area contributed by atoms with Crippen molar-refractivity contribution >= 4 is 22.8 Å². The van der Waals surface area contributed by atoms with Gasteiger partial charge in [0.05, 0.1) is 0 Å². The largest absolute Gasteiger partial charge is 0.361 e. The number of rotatable bonds is 6. The van der Waals surface area contributed by atoms with E-state index in [-0.39, 0.29) is 17.3 Å². The van der Waals surface area contributed by atoms with Crippen LogP contribution in [0.1, 0.15) is 42.3 Å². The van der Waals surface area contributed by atoms with E-state index in [4.69, 9.17) is 0 Å². The first-order valence-electron chi connectivity index (χ1n) is 10.4. The Morgan fingerprint density at radius 1 is 1.13 bits per heavy atom. The van der Waals surface area contributed by atoms with Crippen LogP contribution in [0.3, 0.4) is 0 Å². The topological polar surface area (TPSA) is 81.3 Å². The predicted octanol–water partition coefficient (Wildman–Crippen LogP) is 3.74. The van der Waals surface area contributed by atoms with Gasteiger partial charge in [0.1, 0.15) is 5.82 Å². The number of fused-ring (bicyclic) bond motifs is 1. The number of guanidine groups is 1. The zero-order valence-corrected chi connectivity index (χ0v) is 18.5. The highest BCUT2D eigenvalue weighted by Gasteiger charge is 2.15. The number of nitrogens with one attached hydrogen (secondary N) is 4. The molecule has 0 saturated carbocycles. The van der Waals surface area contributed by atoms with Crippen molar-refractivity contribution in [1.29, 1.82) is 0 Å². The van der Waals surface area contributed by atoms with E-state index in [1.807, 2.05) is 51.2 Å². The third-order valence-corrected chi connectivity index (χ3v) is 4.78. The Kier molecular flexibility index (Phi) is 6.95. The molecule has 0 aliphatic heterocycles. The van der Waals surface area contributed by atoms with E-state index in [9.17, 15) is 9.18 Å². The van der Waals surface area contributed by atoms with Crippen LogP contribution in [-0.4, -0.2) is 36.0 Å². The summed E-state index contributed by atoms with van der Waals surface area (Å²) in [4.78, 5) is 19.8. The maximum Gasteiger partial charge on any atom is 0.251 e. The molecule has 3 rings (SSSR count). The molecule has 3 aromatic rings. The second kappa shape index (κ2) is 9.64. The van der Waals surface area contributed by atoms with Crippen molar-refractivity contribution in [2.24, 2.45) is 4.99 Å². The highest BCUT2D eigenvalue weighted by atomic mass is 19.1. The number of carbonyl (C=O) groups excluding carboxylic acids is 1. The van der Waals surface area contributed by atoms with Crippen molar-refractivity contribution in [2.75, 3.05) is 13.6 Å². The fourth-order valence-electron chi connectivity index (χ4n) is 3.31. The van der Waals surface area contributed by atoms with Crippen molar-refractivity contribution in [3.63, 3.8) is 0 Å². The maximum atomic E-state index is 13.5. The number of halogens is 1. The summed E-state index contributed by atoms with van der Waals surface area (Å²) in [6.45, 7) is 7.06. The van der Waals surface area contributed by atoms with E-state index in [1.165, 1.54) is 6.07 Å². The highest BCUT2D eigenvalue weighted by molar-refractivity contribution is 5.94. The van der Waals surface area contributed by atoms with Crippen LogP contribution in [0.4, 0.5) is 4.39 Å². The lowest BCUT2D eigenvalue weighted by Gasteiger charge is -2.20. The number of amides is 1. The zero-order valence-electron chi connectivity index (χ0n) is 18.5. The van der Waals surface area contributed by atoms with Gasteiger partial charge < -0.3 is 20.9 Å². The highest BCUT2D eigenvalue weighted by Crippen LogP contribution is 2.19. The molecule has 0 bridgehead atoms. The molecule has 0 spiro atoms.